The third-order valence-corrected chi connectivity index (χ3v) is 1.94. The van der Waals surface area contributed by atoms with Crippen molar-refractivity contribution in [3.63, 3.8) is 0 Å². The van der Waals surface area contributed by atoms with Crippen molar-refractivity contribution in [2.45, 2.75) is 6.42 Å². The quantitative estimate of drug-likeness (QED) is 0.638. The molecule has 0 aliphatic carbocycles. The minimum absolute atomic E-state index is 0.0788. The second-order valence-electron chi connectivity index (χ2n) is 3.04. The number of benzene rings is 1. The van der Waals surface area contributed by atoms with E-state index in [1.165, 1.54) is 18.2 Å². The zero-order valence-electron chi connectivity index (χ0n) is 7.71. The number of aliphatic carboxylic acids is 1. The molecule has 0 saturated heterocycles. The number of phenols is 2. The van der Waals surface area contributed by atoms with Gasteiger partial charge in [-0.2, -0.15) is 5.26 Å². The molecule has 0 spiro atoms. The van der Waals surface area contributed by atoms with Gasteiger partial charge in [-0.1, -0.05) is 0 Å². The SMILES string of the molecule is N#CC(Cc1cc(O)ccc1O)C(=O)O. The predicted molar refractivity (Wildman–Crippen MR) is 50.2 cm³/mol. The Kier molecular flexibility index (Phi) is 3.13. The van der Waals surface area contributed by atoms with Crippen molar-refractivity contribution in [2.75, 3.05) is 0 Å². The van der Waals surface area contributed by atoms with E-state index in [0.717, 1.165) is 0 Å². The molecule has 5 heteroatoms. The van der Waals surface area contributed by atoms with Crippen LogP contribution in [0.2, 0.25) is 0 Å². The van der Waals surface area contributed by atoms with E-state index in [2.05, 4.69) is 0 Å². The molecule has 0 heterocycles. The number of aromatic hydroxyl groups is 2. The van der Waals surface area contributed by atoms with Crippen molar-refractivity contribution in [3.05, 3.63) is 23.8 Å². The molecule has 0 aromatic heterocycles. The zero-order chi connectivity index (χ0) is 11.4. The maximum Gasteiger partial charge on any atom is 0.321 e. The Hall–Kier alpha value is -2.22. The van der Waals surface area contributed by atoms with Crippen molar-refractivity contribution in [3.8, 4) is 17.6 Å². The number of phenolic OH excluding ortho intramolecular Hbond substituents is 2. The molecule has 0 saturated carbocycles. The van der Waals surface area contributed by atoms with Crippen molar-refractivity contribution in [1.29, 1.82) is 5.26 Å². The molecule has 1 aromatic carbocycles. The van der Waals surface area contributed by atoms with Crippen LogP contribution in [0.4, 0.5) is 0 Å². The van der Waals surface area contributed by atoms with Gasteiger partial charge in [-0.25, -0.2) is 0 Å². The highest BCUT2D eigenvalue weighted by atomic mass is 16.4. The molecule has 5 nitrogen and oxygen atoms in total. The summed E-state index contributed by atoms with van der Waals surface area (Å²) in [5, 5.41) is 35.6. The summed E-state index contributed by atoms with van der Waals surface area (Å²) in [5.41, 5.74) is 0.240. The van der Waals surface area contributed by atoms with Gasteiger partial charge in [-0.05, 0) is 23.8 Å². The summed E-state index contributed by atoms with van der Waals surface area (Å²) in [6.07, 6.45) is -0.133. The minimum atomic E-state index is -1.25. The summed E-state index contributed by atoms with van der Waals surface area (Å²) in [7, 11) is 0. The average molecular weight is 207 g/mol. The molecule has 0 amide bonds. The molecule has 0 radical (unpaired) electrons. The second-order valence-corrected chi connectivity index (χ2v) is 3.04. The first-order valence-corrected chi connectivity index (χ1v) is 4.18. The van der Waals surface area contributed by atoms with E-state index in [-0.39, 0.29) is 23.5 Å². The maximum absolute atomic E-state index is 10.6. The molecule has 1 unspecified atom stereocenters. The van der Waals surface area contributed by atoms with Crippen LogP contribution in [-0.4, -0.2) is 21.3 Å². The summed E-state index contributed by atoms with van der Waals surface area (Å²) in [4.78, 5) is 10.6. The highest BCUT2D eigenvalue weighted by Gasteiger charge is 2.18. The third kappa shape index (κ3) is 2.61. The number of hydrogen-bond acceptors (Lipinski definition) is 4. The van der Waals surface area contributed by atoms with E-state index < -0.39 is 11.9 Å². The topological polar surface area (TPSA) is 102 Å². The normalized spacial score (nSPS) is 11.7. The first-order chi connectivity index (χ1) is 7.04. The number of nitriles is 1. The summed E-state index contributed by atoms with van der Waals surface area (Å²) in [5.74, 6) is -2.68. The van der Waals surface area contributed by atoms with Crippen molar-refractivity contribution >= 4 is 5.97 Å². The van der Waals surface area contributed by atoms with Gasteiger partial charge < -0.3 is 15.3 Å². The smallest absolute Gasteiger partial charge is 0.321 e. The monoisotopic (exact) mass is 207 g/mol. The number of hydrogen-bond donors (Lipinski definition) is 3. The largest absolute Gasteiger partial charge is 0.508 e. The molecule has 0 aliphatic heterocycles. The zero-order valence-corrected chi connectivity index (χ0v) is 7.71. The van der Waals surface area contributed by atoms with Gasteiger partial charge in [0.25, 0.3) is 0 Å². The highest BCUT2D eigenvalue weighted by Crippen LogP contribution is 2.24. The van der Waals surface area contributed by atoms with Crippen LogP contribution in [0, 0.1) is 17.2 Å². The van der Waals surface area contributed by atoms with Crippen LogP contribution < -0.4 is 0 Å². The molecular formula is C10H9NO4. The fourth-order valence-electron chi connectivity index (χ4n) is 1.14. The van der Waals surface area contributed by atoms with Gasteiger partial charge in [0.2, 0.25) is 0 Å². The molecule has 78 valence electrons. The lowest BCUT2D eigenvalue weighted by atomic mass is 10.00. The standard InChI is InChI=1S/C10H9NO4/c11-5-7(10(14)15)3-6-4-8(12)1-2-9(6)13/h1-2,4,7,12-13H,3H2,(H,14,15). The Balaban J connectivity index is 2.93. The van der Waals surface area contributed by atoms with E-state index >= 15 is 0 Å². The minimum Gasteiger partial charge on any atom is -0.508 e. The maximum atomic E-state index is 10.6. The van der Waals surface area contributed by atoms with Crippen LogP contribution in [0.25, 0.3) is 0 Å². The van der Waals surface area contributed by atoms with Gasteiger partial charge >= 0.3 is 5.97 Å². The summed E-state index contributed by atoms with van der Waals surface area (Å²) < 4.78 is 0. The van der Waals surface area contributed by atoms with Gasteiger partial charge in [-0.3, -0.25) is 4.79 Å². The van der Waals surface area contributed by atoms with Crippen LogP contribution >= 0.6 is 0 Å². The first kappa shape index (κ1) is 10.9. The predicted octanol–water partition coefficient (Wildman–Crippen LogP) is 0.865. The molecular weight excluding hydrogens is 198 g/mol. The van der Waals surface area contributed by atoms with Gasteiger partial charge in [0, 0.05) is 6.42 Å². The Morgan fingerprint density at radius 1 is 1.47 bits per heavy atom. The third-order valence-electron chi connectivity index (χ3n) is 1.94. The molecule has 3 N–H and O–H groups in total. The van der Waals surface area contributed by atoms with Gasteiger partial charge in [0.05, 0.1) is 6.07 Å². The van der Waals surface area contributed by atoms with Crippen LogP contribution in [0.15, 0.2) is 18.2 Å². The Labute approximate surface area is 85.8 Å². The fraction of sp³-hybridized carbons (Fsp3) is 0.200. The number of carboxylic acid groups (broad SMARTS) is 1. The number of rotatable bonds is 3. The van der Waals surface area contributed by atoms with Gasteiger partial charge in [0.1, 0.15) is 17.4 Å². The molecule has 1 atom stereocenters. The van der Waals surface area contributed by atoms with Crippen LogP contribution in [0.1, 0.15) is 5.56 Å². The van der Waals surface area contributed by atoms with E-state index in [0.29, 0.717) is 0 Å². The Bertz CT molecular complexity index is 422. The van der Waals surface area contributed by atoms with Crippen LogP contribution in [0.5, 0.6) is 11.5 Å². The number of nitrogens with zero attached hydrogens (tertiary/aromatic N) is 1. The second kappa shape index (κ2) is 4.33. The lowest BCUT2D eigenvalue weighted by molar-refractivity contribution is -0.139. The summed E-state index contributed by atoms with van der Waals surface area (Å²) >= 11 is 0. The van der Waals surface area contributed by atoms with Crippen molar-refractivity contribution in [1.82, 2.24) is 0 Å². The molecule has 15 heavy (non-hydrogen) atoms. The average Bonchev–Trinajstić information content (AvgIpc) is 2.18. The van der Waals surface area contributed by atoms with E-state index in [1.54, 1.807) is 6.07 Å². The molecule has 0 aliphatic rings. The van der Waals surface area contributed by atoms with Crippen LogP contribution in [0.3, 0.4) is 0 Å². The Morgan fingerprint density at radius 3 is 2.67 bits per heavy atom. The van der Waals surface area contributed by atoms with Crippen molar-refractivity contribution in [2.24, 2.45) is 5.92 Å². The number of carbonyl (C=O) groups is 1. The molecule has 1 rings (SSSR count). The lowest BCUT2D eigenvalue weighted by Gasteiger charge is -2.06. The highest BCUT2D eigenvalue weighted by molar-refractivity contribution is 5.73. The van der Waals surface area contributed by atoms with Crippen molar-refractivity contribution < 1.29 is 20.1 Å². The van der Waals surface area contributed by atoms with Crippen LogP contribution in [-0.2, 0) is 11.2 Å². The fourth-order valence-corrected chi connectivity index (χ4v) is 1.14. The Morgan fingerprint density at radius 2 is 2.13 bits per heavy atom. The van der Waals surface area contributed by atoms with E-state index in [9.17, 15) is 9.90 Å². The van der Waals surface area contributed by atoms with E-state index in [4.69, 9.17) is 15.5 Å². The number of carboxylic acids is 1. The van der Waals surface area contributed by atoms with Gasteiger partial charge in [-0.15, -0.1) is 0 Å². The summed E-state index contributed by atoms with van der Waals surface area (Å²) in [6, 6.07) is 5.37. The molecule has 0 fully saturated rings. The molecule has 1 aromatic rings. The summed E-state index contributed by atoms with van der Waals surface area (Å²) in [6.45, 7) is 0. The first-order valence-electron chi connectivity index (χ1n) is 4.18. The molecule has 0 bridgehead atoms. The lowest BCUT2D eigenvalue weighted by Crippen LogP contribution is -2.14. The van der Waals surface area contributed by atoms with E-state index in [1.807, 2.05) is 0 Å². The van der Waals surface area contributed by atoms with Gasteiger partial charge in [0.15, 0.2) is 0 Å².